The van der Waals surface area contributed by atoms with Gasteiger partial charge in [-0.25, -0.2) is 9.97 Å². The van der Waals surface area contributed by atoms with Crippen molar-refractivity contribution in [3.63, 3.8) is 0 Å². The van der Waals surface area contributed by atoms with Crippen LogP contribution in [0.25, 0.3) is 10.9 Å². The number of halogens is 2. The Morgan fingerprint density at radius 2 is 1.93 bits per heavy atom. The Balaban J connectivity index is 1.69. The molecule has 11 nitrogen and oxygen atoms in total. The highest BCUT2D eigenvalue weighted by Gasteiger charge is 2.39. The number of carbonyl (C=O) groups excluding carboxylic acids is 3. The lowest BCUT2D eigenvalue weighted by Crippen LogP contribution is -2.59. The number of likely N-dealkylation sites (N-methyl/N-ethyl adjacent to an activating group) is 1. The van der Waals surface area contributed by atoms with Gasteiger partial charge in [0.25, 0.3) is 0 Å². The number of benzene rings is 2. The molecule has 1 saturated heterocycles. The predicted octanol–water partition coefficient (Wildman–Crippen LogP) is 3.75. The first-order valence-corrected chi connectivity index (χ1v) is 14.8. The fourth-order valence-electron chi connectivity index (χ4n) is 5.08. The Labute approximate surface area is 260 Å². The molecule has 0 saturated carbocycles. The van der Waals surface area contributed by atoms with Crippen molar-refractivity contribution in [3.05, 3.63) is 52.3 Å². The van der Waals surface area contributed by atoms with Gasteiger partial charge in [-0.15, -0.1) is 0 Å². The van der Waals surface area contributed by atoms with Crippen LogP contribution in [0.3, 0.4) is 0 Å². The van der Waals surface area contributed by atoms with Crippen LogP contribution in [0.4, 0.5) is 11.5 Å². The maximum Gasteiger partial charge on any atom is 0.249 e. The molecule has 0 unspecified atom stereocenters. The minimum Gasteiger partial charge on any atom is -0.496 e. The summed E-state index contributed by atoms with van der Waals surface area (Å²) in [6, 6.07) is 6.89. The van der Waals surface area contributed by atoms with Crippen LogP contribution < -0.4 is 31.3 Å². The molecule has 230 valence electrons. The average molecular weight is 631 g/mol. The standard InChI is InChI=1S/C30H37Cl2N7O4/c1-16(33-4)27(40)38-25(29(42)39-28(41)21-10-7-11-34-21)30(2,3)14-17-12-18-22(13-23(17)43-5)35-15-36-26(18)37-20-9-6-8-19(31)24(20)32/h6,8-9,12-13,15-16,21,25,33-34H,7,10-11,14H2,1-5H3,(H,38,40)(H,35,36,37)(H,39,41,42)/t16-,21-,25+/m0/s1. The summed E-state index contributed by atoms with van der Waals surface area (Å²) in [4.78, 5) is 48.2. The Morgan fingerprint density at radius 1 is 1.16 bits per heavy atom. The monoisotopic (exact) mass is 629 g/mol. The van der Waals surface area contributed by atoms with E-state index in [1.54, 1.807) is 45.3 Å². The summed E-state index contributed by atoms with van der Waals surface area (Å²) in [5, 5.41) is 16.0. The normalized spacial score (nSPS) is 16.4. The lowest BCUT2D eigenvalue weighted by atomic mass is 9.77. The molecule has 2 aromatic carbocycles. The lowest BCUT2D eigenvalue weighted by Gasteiger charge is -2.35. The summed E-state index contributed by atoms with van der Waals surface area (Å²) >= 11 is 12.6. The molecular formula is C30H37Cl2N7O4. The van der Waals surface area contributed by atoms with Gasteiger partial charge in [-0.1, -0.05) is 43.1 Å². The minimum absolute atomic E-state index is 0.292. The third-order valence-corrected chi connectivity index (χ3v) is 8.49. The van der Waals surface area contributed by atoms with E-state index >= 15 is 0 Å². The summed E-state index contributed by atoms with van der Waals surface area (Å²) < 4.78 is 5.72. The second-order valence-electron chi connectivity index (χ2n) is 11.2. The van der Waals surface area contributed by atoms with Crippen molar-refractivity contribution >= 4 is 63.3 Å². The number of amides is 3. The molecule has 0 radical (unpaired) electrons. The molecule has 3 aromatic rings. The number of rotatable bonds is 11. The molecule has 1 fully saturated rings. The molecule has 3 amide bonds. The van der Waals surface area contributed by atoms with Gasteiger partial charge < -0.3 is 26.0 Å². The quantitative estimate of drug-likeness (QED) is 0.214. The highest BCUT2D eigenvalue weighted by atomic mass is 35.5. The van der Waals surface area contributed by atoms with Gasteiger partial charge in [0.1, 0.15) is 23.9 Å². The number of hydrogen-bond donors (Lipinski definition) is 5. The van der Waals surface area contributed by atoms with Crippen LogP contribution in [-0.4, -0.2) is 66.5 Å². The van der Waals surface area contributed by atoms with Crippen LogP contribution in [0.15, 0.2) is 36.7 Å². The molecule has 0 spiro atoms. The Morgan fingerprint density at radius 3 is 2.60 bits per heavy atom. The summed E-state index contributed by atoms with van der Waals surface area (Å²) in [5.74, 6) is -0.315. The van der Waals surface area contributed by atoms with E-state index < -0.39 is 35.4 Å². The molecule has 3 atom stereocenters. The van der Waals surface area contributed by atoms with Crippen LogP contribution in [-0.2, 0) is 20.8 Å². The van der Waals surface area contributed by atoms with Crippen molar-refractivity contribution in [2.75, 3.05) is 26.0 Å². The number of methoxy groups -OCH3 is 1. The van der Waals surface area contributed by atoms with Crippen LogP contribution in [0.2, 0.25) is 10.0 Å². The number of aromatic nitrogens is 2. The van der Waals surface area contributed by atoms with Crippen molar-refractivity contribution in [2.45, 2.75) is 58.2 Å². The van der Waals surface area contributed by atoms with E-state index in [-0.39, 0.29) is 5.91 Å². The number of nitrogens with zero attached hydrogens (tertiary/aromatic N) is 2. The van der Waals surface area contributed by atoms with E-state index in [2.05, 4.69) is 36.6 Å². The van der Waals surface area contributed by atoms with Gasteiger partial charge in [-0.3, -0.25) is 19.7 Å². The van der Waals surface area contributed by atoms with E-state index in [1.165, 1.54) is 6.33 Å². The second-order valence-corrected chi connectivity index (χ2v) is 12.0. The van der Waals surface area contributed by atoms with E-state index in [9.17, 15) is 14.4 Å². The number of fused-ring (bicyclic) bond motifs is 1. The summed E-state index contributed by atoms with van der Waals surface area (Å²) in [6.07, 6.45) is 3.22. The van der Waals surface area contributed by atoms with Gasteiger partial charge in [-0.05, 0) is 69.0 Å². The minimum atomic E-state index is -1.04. The maximum atomic E-state index is 13.6. The zero-order chi connectivity index (χ0) is 31.3. The van der Waals surface area contributed by atoms with Crippen LogP contribution >= 0.6 is 23.2 Å². The van der Waals surface area contributed by atoms with E-state index in [1.807, 2.05) is 19.9 Å². The van der Waals surface area contributed by atoms with E-state index in [0.29, 0.717) is 57.6 Å². The van der Waals surface area contributed by atoms with Crippen molar-refractivity contribution in [2.24, 2.45) is 5.41 Å². The second kappa shape index (κ2) is 13.9. The van der Waals surface area contributed by atoms with E-state index in [0.717, 1.165) is 12.0 Å². The Hall–Kier alpha value is -3.51. The number of imide groups is 1. The number of nitrogens with one attached hydrogen (secondary N) is 5. The first-order valence-electron chi connectivity index (χ1n) is 14.0. The molecule has 13 heteroatoms. The van der Waals surface area contributed by atoms with E-state index in [4.69, 9.17) is 27.9 Å². The third-order valence-electron chi connectivity index (χ3n) is 7.67. The third kappa shape index (κ3) is 7.53. The smallest absolute Gasteiger partial charge is 0.249 e. The zero-order valence-electron chi connectivity index (χ0n) is 24.8. The molecule has 0 aliphatic carbocycles. The van der Waals surface area contributed by atoms with Crippen molar-refractivity contribution in [3.8, 4) is 5.75 Å². The van der Waals surface area contributed by atoms with Crippen molar-refractivity contribution in [1.82, 2.24) is 31.2 Å². The maximum absolute atomic E-state index is 13.6. The molecule has 43 heavy (non-hydrogen) atoms. The van der Waals surface area contributed by atoms with Gasteiger partial charge in [0.2, 0.25) is 17.7 Å². The summed E-state index contributed by atoms with van der Waals surface area (Å²) in [5.41, 5.74) is 1.06. The van der Waals surface area contributed by atoms with Gasteiger partial charge in [0, 0.05) is 11.5 Å². The largest absolute Gasteiger partial charge is 0.496 e. The molecule has 2 heterocycles. The fourth-order valence-corrected chi connectivity index (χ4v) is 5.43. The Bertz CT molecular complexity index is 1510. The van der Waals surface area contributed by atoms with Crippen LogP contribution in [0.1, 0.15) is 39.2 Å². The summed E-state index contributed by atoms with van der Waals surface area (Å²) in [6.45, 7) is 6.12. The van der Waals surface area contributed by atoms with Gasteiger partial charge in [-0.2, -0.15) is 0 Å². The summed E-state index contributed by atoms with van der Waals surface area (Å²) in [7, 11) is 3.21. The number of ether oxygens (including phenoxy) is 1. The van der Waals surface area contributed by atoms with Gasteiger partial charge in [0.15, 0.2) is 0 Å². The highest BCUT2D eigenvalue weighted by Crippen LogP contribution is 2.37. The first-order chi connectivity index (χ1) is 20.4. The lowest BCUT2D eigenvalue weighted by molar-refractivity contribution is -0.137. The topological polar surface area (TPSA) is 146 Å². The Kier molecular flexibility index (Phi) is 10.4. The van der Waals surface area contributed by atoms with Gasteiger partial charge in [0.05, 0.1) is 40.4 Å². The van der Waals surface area contributed by atoms with Crippen molar-refractivity contribution in [1.29, 1.82) is 0 Å². The molecule has 0 bridgehead atoms. The molecule has 1 aliphatic heterocycles. The van der Waals surface area contributed by atoms with Gasteiger partial charge >= 0.3 is 0 Å². The van der Waals surface area contributed by atoms with Crippen LogP contribution in [0, 0.1) is 5.41 Å². The first kappa shape index (κ1) is 32.4. The fraction of sp³-hybridized carbons (Fsp3) is 0.433. The van der Waals surface area contributed by atoms with Crippen molar-refractivity contribution < 1.29 is 19.1 Å². The number of anilines is 2. The number of hydrogen-bond acceptors (Lipinski definition) is 9. The number of carbonyl (C=O) groups is 3. The average Bonchev–Trinajstić information content (AvgIpc) is 3.53. The highest BCUT2D eigenvalue weighted by molar-refractivity contribution is 6.43. The SMILES string of the molecule is CN[C@@H](C)C(=O)N[C@H](C(=O)NC(=O)[C@@H]1CCCN1)C(C)(C)Cc1cc2c(Nc3cccc(Cl)c3Cl)ncnc2cc1OC. The zero-order valence-corrected chi connectivity index (χ0v) is 26.3. The molecule has 4 rings (SSSR count). The molecule has 1 aliphatic rings. The predicted molar refractivity (Wildman–Crippen MR) is 168 cm³/mol. The molecule has 5 N–H and O–H groups in total. The molecule has 1 aromatic heterocycles. The molecular weight excluding hydrogens is 593 g/mol. The van der Waals surface area contributed by atoms with Crippen LogP contribution in [0.5, 0.6) is 5.75 Å².